The highest BCUT2D eigenvalue weighted by Crippen LogP contribution is 2.51. The van der Waals surface area contributed by atoms with Crippen LogP contribution in [0.2, 0.25) is 0 Å². The fourth-order valence-electron chi connectivity index (χ4n) is 5.69. The quantitative estimate of drug-likeness (QED) is 0.234. The zero-order valence-corrected chi connectivity index (χ0v) is 23.9. The fourth-order valence-corrected chi connectivity index (χ4v) is 9.44. The van der Waals surface area contributed by atoms with E-state index in [2.05, 4.69) is 5.32 Å². The summed E-state index contributed by atoms with van der Waals surface area (Å²) in [6.45, 7) is 5.37. The van der Waals surface area contributed by atoms with Crippen molar-refractivity contribution in [2.24, 2.45) is 5.73 Å². The number of nitrogens with one attached hydrogen (secondary N) is 1. The first-order valence-electron chi connectivity index (χ1n) is 12.6. The van der Waals surface area contributed by atoms with Crippen molar-refractivity contribution in [2.45, 2.75) is 78.5 Å². The van der Waals surface area contributed by atoms with Gasteiger partial charge in [-0.15, -0.1) is 11.8 Å². The Hall–Kier alpha value is -3.17. The number of ether oxygens (including phenoxy) is 2. The molecule has 4 heterocycles. The molecule has 4 fully saturated rings. The number of benzene rings is 1. The van der Waals surface area contributed by atoms with Gasteiger partial charge in [0.2, 0.25) is 24.5 Å². The van der Waals surface area contributed by atoms with Gasteiger partial charge in [-0.25, -0.2) is 18.0 Å². The highest BCUT2D eigenvalue weighted by Gasteiger charge is 2.68. The van der Waals surface area contributed by atoms with Crippen molar-refractivity contribution in [2.75, 3.05) is 6.79 Å². The normalized spacial score (nSPS) is 31.3. The standard InChI is InChI=1S/C25H30N4O9S2/c1-24(2)17(29-20(32)16(21(29)39-24)27-19(31)15(26)12-8-6-5-7-9-12)22(33)37-11-38-23(34)18-25(3,4)40(35,36)14-10-13(30)28(14)18/h5-9,14-18,21H,10-11,26H2,1-4H3,(H,27,31)/t14-,15-,16-,17?,18+,21-/m1/s1. The third kappa shape index (κ3) is 4.08. The van der Waals surface area contributed by atoms with Crippen LogP contribution in [-0.4, -0.2) is 93.0 Å². The van der Waals surface area contributed by atoms with Crippen molar-refractivity contribution in [1.82, 2.24) is 15.1 Å². The van der Waals surface area contributed by atoms with Crippen LogP contribution in [0.5, 0.6) is 0 Å². The van der Waals surface area contributed by atoms with Crippen LogP contribution in [0.4, 0.5) is 0 Å². The smallest absolute Gasteiger partial charge is 0.333 e. The van der Waals surface area contributed by atoms with Crippen molar-refractivity contribution in [3.8, 4) is 0 Å². The lowest BCUT2D eigenvalue weighted by Crippen LogP contribution is -2.71. The molecule has 4 aliphatic heterocycles. The lowest BCUT2D eigenvalue weighted by Gasteiger charge is -2.44. The maximum absolute atomic E-state index is 13.0. The van der Waals surface area contributed by atoms with E-state index in [4.69, 9.17) is 15.2 Å². The van der Waals surface area contributed by atoms with Crippen molar-refractivity contribution < 1.29 is 41.9 Å². The average molecular weight is 595 g/mol. The Morgan fingerprint density at radius 2 is 1.65 bits per heavy atom. The van der Waals surface area contributed by atoms with Gasteiger partial charge in [0.15, 0.2) is 9.84 Å². The number of esters is 2. The number of carbonyl (C=O) groups is 5. The number of thioether (sulfide) groups is 1. The molecule has 0 aromatic heterocycles. The predicted octanol–water partition coefficient (Wildman–Crippen LogP) is -0.589. The number of β-lactam (4-membered cyclic amide) rings is 2. The molecular formula is C25H30N4O9S2. The molecule has 4 saturated heterocycles. The lowest BCUT2D eigenvalue weighted by molar-refractivity contribution is -0.181. The summed E-state index contributed by atoms with van der Waals surface area (Å²) in [7, 11) is -3.80. The molecule has 5 rings (SSSR count). The highest BCUT2D eigenvalue weighted by atomic mass is 32.2. The predicted molar refractivity (Wildman–Crippen MR) is 140 cm³/mol. The lowest BCUT2D eigenvalue weighted by atomic mass is 9.95. The summed E-state index contributed by atoms with van der Waals surface area (Å²) in [6, 6.07) is 4.45. The van der Waals surface area contributed by atoms with E-state index in [1.165, 1.54) is 30.5 Å². The monoisotopic (exact) mass is 594 g/mol. The van der Waals surface area contributed by atoms with E-state index in [-0.39, 0.29) is 6.42 Å². The third-order valence-electron chi connectivity index (χ3n) is 8.00. The van der Waals surface area contributed by atoms with E-state index < -0.39 is 90.7 Å². The Morgan fingerprint density at radius 3 is 2.25 bits per heavy atom. The molecule has 0 bridgehead atoms. The molecule has 216 valence electrons. The topological polar surface area (TPSA) is 182 Å². The first kappa shape index (κ1) is 28.4. The van der Waals surface area contributed by atoms with Crippen LogP contribution in [0, 0.1) is 0 Å². The molecule has 0 radical (unpaired) electrons. The van der Waals surface area contributed by atoms with E-state index in [0.717, 1.165) is 4.90 Å². The Labute approximate surface area is 235 Å². The SMILES string of the molecule is CC1(C)S[C@@H]2[C@H](NC(=O)[C@H](N)c3ccccc3)C(=O)N2C1C(=O)OCOC(=O)[C@@H]1N2C(=O)C[C@H]2S(=O)(=O)C1(C)C. The van der Waals surface area contributed by atoms with Crippen molar-refractivity contribution in [1.29, 1.82) is 0 Å². The van der Waals surface area contributed by atoms with Crippen molar-refractivity contribution in [3.05, 3.63) is 35.9 Å². The van der Waals surface area contributed by atoms with Gasteiger partial charge in [0.1, 0.15) is 34.9 Å². The second-order valence-electron chi connectivity index (χ2n) is 11.2. The van der Waals surface area contributed by atoms with Crippen LogP contribution in [0.25, 0.3) is 0 Å². The summed E-state index contributed by atoms with van der Waals surface area (Å²) in [5.74, 6) is -3.32. The van der Waals surface area contributed by atoms with Gasteiger partial charge in [-0.1, -0.05) is 30.3 Å². The zero-order valence-electron chi connectivity index (χ0n) is 22.2. The van der Waals surface area contributed by atoms with E-state index >= 15 is 0 Å². The maximum atomic E-state index is 13.0. The molecule has 0 saturated carbocycles. The van der Waals surface area contributed by atoms with Gasteiger partial charge in [0, 0.05) is 4.75 Å². The largest absolute Gasteiger partial charge is 0.426 e. The Bertz CT molecular complexity index is 1400. The minimum absolute atomic E-state index is 0.191. The van der Waals surface area contributed by atoms with E-state index in [0.29, 0.717) is 5.56 Å². The second-order valence-corrected chi connectivity index (χ2v) is 15.6. The minimum Gasteiger partial charge on any atom is -0.426 e. The van der Waals surface area contributed by atoms with Gasteiger partial charge in [0.05, 0.1) is 11.2 Å². The van der Waals surface area contributed by atoms with Crippen LogP contribution < -0.4 is 11.1 Å². The van der Waals surface area contributed by atoms with Gasteiger partial charge < -0.3 is 30.3 Å². The first-order chi connectivity index (χ1) is 18.6. The van der Waals surface area contributed by atoms with Crippen molar-refractivity contribution in [3.63, 3.8) is 0 Å². The van der Waals surface area contributed by atoms with E-state index in [1.54, 1.807) is 44.2 Å². The van der Waals surface area contributed by atoms with Crippen molar-refractivity contribution >= 4 is 51.3 Å². The molecule has 4 aliphatic rings. The number of hydrogen-bond acceptors (Lipinski definition) is 11. The fraction of sp³-hybridized carbons (Fsp3) is 0.560. The van der Waals surface area contributed by atoms with Crippen LogP contribution in [0.1, 0.15) is 45.7 Å². The van der Waals surface area contributed by atoms with Gasteiger partial charge >= 0.3 is 11.9 Å². The number of fused-ring (bicyclic) bond motifs is 2. The maximum Gasteiger partial charge on any atom is 0.333 e. The summed E-state index contributed by atoms with van der Waals surface area (Å²) in [6.07, 6.45) is -0.191. The summed E-state index contributed by atoms with van der Waals surface area (Å²) in [4.78, 5) is 65.9. The van der Waals surface area contributed by atoms with Crippen LogP contribution in [-0.2, 0) is 43.3 Å². The molecule has 15 heteroatoms. The molecule has 0 aliphatic carbocycles. The zero-order chi connectivity index (χ0) is 29.4. The number of hydrogen-bond donors (Lipinski definition) is 2. The summed E-state index contributed by atoms with van der Waals surface area (Å²) < 4.78 is 33.3. The second kappa shape index (κ2) is 9.45. The number of nitrogens with two attached hydrogens (primary N) is 1. The van der Waals surface area contributed by atoms with Gasteiger partial charge in [0.25, 0.3) is 0 Å². The Morgan fingerprint density at radius 1 is 1.05 bits per heavy atom. The summed E-state index contributed by atoms with van der Waals surface area (Å²) in [5.41, 5.74) is 6.64. The number of amides is 3. The molecule has 3 amide bonds. The highest BCUT2D eigenvalue weighted by molar-refractivity contribution is 8.01. The van der Waals surface area contributed by atoms with Gasteiger partial charge in [-0.3, -0.25) is 14.4 Å². The third-order valence-corrected chi connectivity index (χ3v) is 12.4. The molecule has 1 aromatic carbocycles. The van der Waals surface area contributed by atoms with Crippen LogP contribution in [0.15, 0.2) is 30.3 Å². The van der Waals surface area contributed by atoms with E-state index in [9.17, 15) is 32.4 Å². The summed E-state index contributed by atoms with van der Waals surface area (Å²) >= 11 is 1.31. The molecule has 40 heavy (non-hydrogen) atoms. The number of rotatable bonds is 7. The first-order valence-corrected chi connectivity index (χ1v) is 15.0. The Kier molecular flexibility index (Phi) is 6.70. The van der Waals surface area contributed by atoms with Crippen LogP contribution >= 0.6 is 11.8 Å². The molecular weight excluding hydrogens is 564 g/mol. The van der Waals surface area contributed by atoms with Gasteiger partial charge in [-0.05, 0) is 33.3 Å². The van der Waals surface area contributed by atoms with Gasteiger partial charge in [-0.2, -0.15) is 0 Å². The summed E-state index contributed by atoms with van der Waals surface area (Å²) in [5, 5.41) is 1.07. The molecule has 1 unspecified atom stereocenters. The number of nitrogens with zero attached hydrogens (tertiary/aromatic N) is 2. The molecule has 13 nitrogen and oxygen atoms in total. The Balaban J connectivity index is 1.19. The molecule has 6 atom stereocenters. The van der Waals surface area contributed by atoms with Crippen LogP contribution in [0.3, 0.4) is 0 Å². The van der Waals surface area contributed by atoms with E-state index in [1.807, 2.05) is 0 Å². The number of sulfone groups is 1. The molecule has 0 spiro atoms. The average Bonchev–Trinajstić information content (AvgIpc) is 3.22. The molecule has 3 N–H and O–H groups in total. The molecule has 1 aromatic rings. The number of carbonyl (C=O) groups excluding carboxylic acids is 5. The minimum atomic E-state index is -3.80.